The number of rotatable bonds is 4. The molecule has 2 amide bonds. The van der Waals surface area contributed by atoms with Crippen molar-refractivity contribution in [3.8, 4) is 0 Å². The molecule has 28 heavy (non-hydrogen) atoms. The van der Waals surface area contributed by atoms with Crippen LogP contribution in [0.2, 0.25) is 0 Å². The molecule has 0 saturated carbocycles. The largest absolute Gasteiger partial charge is 0.468 e. The summed E-state index contributed by atoms with van der Waals surface area (Å²) in [6, 6.07) is 11.9. The number of para-hydroxylation sites is 2. The Morgan fingerprint density at radius 1 is 1.11 bits per heavy atom. The second-order valence-electron chi connectivity index (χ2n) is 7.68. The van der Waals surface area contributed by atoms with Crippen LogP contribution in [0.1, 0.15) is 19.6 Å². The van der Waals surface area contributed by atoms with E-state index in [4.69, 9.17) is 4.42 Å². The van der Waals surface area contributed by atoms with Crippen LogP contribution in [0.4, 0.5) is 11.4 Å². The number of amides is 2. The molecule has 2 aliphatic rings. The Labute approximate surface area is 164 Å². The molecule has 0 bridgehead atoms. The van der Waals surface area contributed by atoms with Crippen LogP contribution in [-0.2, 0) is 16.1 Å². The predicted octanol–water partition coefficient (Wildman–Crippen LogP) is 2.16. The molecule has 3 heterocycles. The Bertz CT molecular complexity index is 851. The maximum atomic E-state index is 13.0. The quantitative estimate of drug-likeness (QED) is 0.878. The van der Waals surface area contributed by atoms with Crippen molar-refractivity contribution >= 4 is 23.2 Å². The van der Waals surface area contributed by atoms with Crippen molar-refractivity contribution in [3.05, 3.63) is 48.4 Å². The Kier molecular flexibility index (Phi) is 5.19. The van der Waals surface area contributed by atoms with Gasteiger partial charge < -0.3 is 9.73 Å². The minimum atomic E-state index is -0.156. The van der Waals surface area contributed by atoms with Gasteiger partial charge in [-0.25, -0.2) is 0 Å². The number of anilines is 2. The highest BCUT2D eigenvalue weighted by atomic mass is 16.3. The number of furan rings is 1. The van der Waals surface area contributed by atoms with E-state index in [1.54, 1.807) is 11.2 Å². The van der Waals surface area contributed by atoms with Crippen LogP contribution in [0.25, 0.3) is 0 Å². The number of benzene rings is 1. The third-order valence-corrected chi connectivity index (χ3v) is 5.59. The number of carbonyl (C=O) groups is 2. The van der Waals surface area contributed by atoms with Crippen LogP contribution in [-0.4, -0.2) is 59.9 Å². The van der Waals surface area contributed by atoms with E-state index in [1.807, 2.05) is 36.4 Å². The molecule has 1 aromatic heterocycles. The number of piperazine rings is 1. The zero-order chi connectivity index (χ0) is 19.7. The Morgan fingerprint density at radius 3 is 2.64 bits per heavy atom. The molecule has 0 spiro atoms. The highest BCUT2D eigenvalue weighted by molar-refractivity contribution is 6.10. The Hall–Kier alpha value is -2.64. The van der Waals surface area contributed by atoms with E-state index < -0.39 is 0 Å². The first-order chi connectivity index (χ1) is 13.5. The Morgan fingerprint density at radius 2 is 1.86 bits per heavy atom. The number of hydrogen-bond donors (Lipinski definition) is 1. The van der Waals surface area contributed by atoms with Gasteiger partial charge in [0.2, 0.25) is 11.8 Å². The molecule has 0 radical (unpaired) electrons. The van der Waals surface area contributed by atoms with Crippen molar-refractivity contribution in [3.63, 3.8) is 0 Å². The number of fused-ring (bicyclic) bond motifs is 1. The van der Waals surface area contributed by atoms with Gasteiger partial charge in [0.1, 0.15) is 12.3 Å². The lowest BCUT2D eigenvalue weighted by Gasteiger charge is -2.44. The molecular weight excluding hydrogens is 356 g/mol. The van der Waals surface area contributed by atoms with Gasteiger partial charge in [0.25, 0.3) is 0 Å². The van der Waals surface area contributed by atoms with Crippen LogP contribution in [0.5, 0.6) is 0 Å². The minimum absolute atomic E-state index is 0.0409. The maximum Gasteiger partial charge on any atom is 0.244 e. The van der Waals surface area contributed by atoms with Crippen LogP contribution in [0.15, 0.2) is 47.1 Å². The van der Waals surface area contributed by atoms with Gasteiger partial charge in [-0.1, -0.05) is 12.1 Å². The smallest absolute Gasteiger partial charge is 0.244 e. The molecule has 1 fully saturated rings. The van der Waals surface area contributed by atoms with E-state index in [0.29, 0.717) is 18.3 Å². The molecule has 2 aliphatic heterocycles. The third kappa shape index (κ3) is 3.81. The van der Waals surface area contributed by atoms with Crippen molar-refractivity contribution in [2.24, 2.45) is 0 Å². The van der Waals surface area contributed by atoms with E-state index in [9.17, 15) is 9.59 Å². The van der Waals surface area contributed by atoms with Gasteiger partial charge in [0, 0.05) is 25.2 Å². The van der Waals surface area contributed by atoms with E-state index in [-0.39, 0.29) is 24.4 Å². The average molecular weight is 382 g/mol. The predicted molar refractivity (Wildman–Crippen MR) is 107 cm³/mol. The highest BCUT2D eigenvalue weighted by Gasteiger charge is 2.33. The van der Waals surface area contributed by atoms with Crippen LogP contribution >= 0.6 is 0 Å². The topological polar surface area (TPSA) is 69.0 Å². The fourth-order valence-corrected chi connectivity index (χ4v) is 4.03. The maximum absolute atomic E-state index is 13.0. The average Bonchev–Trinajstić information content (AvgIpc) is 3.18. The van der Waals surface area contributed by atoms with Gasteiger partial charge in [0.05, 0.1) is 30.7 Å². The lowest BCUT2D eigenvalue weighted by molar-refractivity contribution is -0.123. The van der Waals surface area contributed by atoms with Crippen LogP contribution in [0, 0.1) is 0 Å². The van der Waals surface area contributed by atoms with Crippen molar-refractivity contribution < 1.29 is 14.0 Å². The minimum Gasteiger partial charge on any atom is -0.468 e. The summed E-state index contributed by atoms with van der Waals surface area (Å²) >= 11 is 0. The normalized spacial score (nSPS) is 23.4. The summed E-state index contributed by atoms with van der Waals surface area (Å²) in [6.45, 7) is 7.14. The summed E-state index contributed by atoms with van der Waals surface area (Å²) in [5.41, 5.74) is 1.46. The fraction of sp³-hybridized carbons (Fsp3) is 0.429. The van der Waals surface area contributed by atoms with Crippen LogP contribution in [0.3, 0.4) is 0 Å². The summed E-state index contributed by atoms with van der Waals surface area (Å²) in [5.74, 6) is 0.761. The summed E-state index contributed by atoms with van der Waals surface area (Å²) in [4.78, 5) is 31.2. The molecule has 2 aromatic rings. The van der Waals surface area contributed by atoms with E-state index in [2.05, 4.69) is 29.0 Å². The third-order valence-electron chi connectivity index (χ3n) is 5.59. The number of nitrogens with zero attached hydrogens (tertiary/aromatic N) is 3. The molecule has 4 rings (SSSR count). The summed E-state index contributed by atoms with van der Waals surface area (Å²) in [5, 5.41) is 2.83. The standard InChI is InChI=1S/C21H26N4O3/c1-15-11-24(16(2)10-23(15)12-17-6-5-9-28-17)14-21(27)25-13-20(26)22-18-7-3-4-8-19(18)25/h3-9,15-16H,10-14H2,1-2H3,(H,22,26)/t15-,16-/m1/s1. The fourth-order valence-electron chi connectivity index (χ4n) is 4.03. The lowest BCUT2D eigenvalue weighted by atomic mass is 10.1. The van der Waals surface area contributed by atoms with Gasteiger partial charge in [-0.3, -0.25) is 24.3 Å². The second-order valence-corrected chi connectivity index (χ2v) is 7.68. The van der Waals surface area contributed by atoms with Gasteiger partial charge >= 0.3 is 0 Å². The molecule has 7 nitrogen and oxygen atoms in total. The lowest BCUT2D eigenvalue weighted by Crippen LogP contribution is -2.58. The van der Waals surface area contributed by atoms with Gasteiger partial charge in [0.15, 0.2) is 0 Å². The molecule has 1 N–H and O–H groups in total. The van der Waals surface area contributed by atoms with Crippen LogP contribution < -0.4 is 10.2 Å². The van der Waals surface area contributed by atoms with E-state index >= 15 is 0 Å². The molecule has 0 unspecified atom stereocenters. The summed E-state index contributed by atoms with van der Waals surface area (Å²) in [6.07, 6.45) is 1.70. The second kappa shape index (κ2) is 7.77. The van der Waals surface area contributed by atoms with Crippen molar-refractivity contribution in [2.75, 3.05) is 36.4 Å². The van der Waals surface area contributed by atoms with Gasteiger partial charge in [-0.15, -0.1) is 0 Å². The Balaban J connectivity index is 1.42. The van der Waals surface area contributed by atoms with Crippen molar-refractivity contribution in [1.82, 2.24) is 9.80 Å². The summed E-state index contributed by atoms with van der Waals surface area (Å²) < 4.78 is 5.48. The highest BCUT2D eigenvalue weighted by Crippen LogP contribution is 2.29. The van der Waals surface area contributed by atoms with E-state index in [1.165, 1.54) is 0 Å². The molecule has 2 atom stereocenters. The van der Waals surface area contributed by atoms with Crippen molar-refractivity contribution in [2.45, 2.75) is 32.5 Å². The molecule has 0 aliphatic carbocycles. The number of hydrogen-bond acceptors (Lipinski definition) is 5. The summed E-state index contributed by atoms with van der Waals surface area (Å²) in [7, 11) is 0. The first kappa shape index (κ1) is 18.7. The zero-order valence-electron chi connectivity index (χ0n) is 16.3. The molecular formula is C21H26N4O3. The zero-order valence-corrected chi connectivity index (χ0v) is 16.3. The molecule has 1 saturated heterocycles. The van der Waals surface area contributed by atoms with E-state index in [0.717, 1.165) is 31.1 Å². The van der Waals surface area contributed by atoms with Gasteiger partial charge in [-0.05, 0) is 38.1 Å². The molecule has 7 heteroatoms. The number of nitrogens with one attached hydrogen (secondary N) is 1. The SMILES string of the molecule is C[C@@H]1CN(Cc2ccco2)[C@H](C)CN1CC(=O)N1CC(=O)Nc2ccccc21. The first-order valence-electron chi connectivity index (χ1n) is 9.71. The van der Waals surface area contributed by atoms with Gasteiger partial charge in [-0.2, -0.15) is 0 Å². The molecule has 148 valence electrons. The molecule has 1 aromatic carbocycles. The number of carbonyl (C=O) groups excluding carboxylic acids is 2. The van der Waals surface area contributed by atoms with Crippen molar-refractivity contribution in [1.29, 1.82) is 0 Å². The monoisotopic (exact) mass is 382 g/mol. The first-order valence-corrected chi connectivity index (χ1v) is 9.71.